The zero-order chi connectivity index (χ0) is 49.2. The molecule has 0 saturated carbocycles. The molecular formula is C74H50. The summed E-state index contributed by atoms with van der Waals surface area (Å²) >= 11 is 0. The van der Waals surface area contributed by atoms with Gasteiger partial charge >= 0.3 is 0 Å². The van der Waals surface area contributed by atoms with Crippen LogP contribution in [0.3, 0.4) is 0 Å². The van der Waals surface area contributed by atoms with E-state index in [2.05, 4.69) is 303 Å². The lowest BCUT2D eigenvalue weighted by Gasteiger charge is -2.21. The molecule has 0 bridgehead atoms. The summed E-state index contributed by atoms with van der Waals surface area (Å²) in [4.78, 5) is 0. The minimum atomic E-state index is 1.17. The van der Waals surface area contributed by atoms with Gasteiger partial charge in [0.15, 0.2) is 0 Å². The summed E-state index contributed by atoms with van der Waals surface area (Å²) in [5, 5.41) is 4.83. The van der Waals surface area contributed by atoms with E-state index in [4.69, 9.17) is 0 Å². The summed E-state index contributed by atoms with van der Waals surface area (Å²) < 4.78 is 0. The van der Waals surface area contributed by atoms with Crippen LogP contribution in [0.15, 0.2) is 303 Å². The van der Waals surface area contributed by atoms with Crippen molar-refractivity contribution >= 4 is 21.5 Å². The fourth-order valence-electron chi connectivity index (χ4n) is 11.3. The zero-order valence-electron chi connectivity index (χ0n) is 40.9. The van der Waals surface area contributed by atoms with Gasteiger partial charge < -0.3 is 0 Å². The molecule has 0 N–H and O–H groups in total. The van der Waals surface area contributed by atoms with Crippen LogP contribution in [0.1, 0.15) is 0 Å². The average Bonchev–Trinajstić information content (AvgIpc) is 3.49. The number of rotatable bonds is 10. The quantitative estimate of drug-likeness (QED) is 0.120. The van der Waals surface area contributed by atoms with Crippen LogP contribution >= 0.6 is 0 Å². The van der Waals surface area contributed by atoms with Crippen molar-refractivity contribution in [1.82, 2.24) is 0 Å². The maximum Gasteiger partial charge on any atom is -0.00259 e. The summed E-state index contributed by atoms with van der Waals surface area (Å²) in [7, 11) is 0. The molecule has 74 heavy (non-hydrogen) atoms. The van der Waals surface area contributed by atoms with Crippen molar-refractivity contribution in [3.63, 3.8) is 0 Å². The highest BCUT2D eigenvalue weighted by atomic mass is 14.3. The molecule has 0 amide bonds. The third-order valence-electron chi connectivity index (χ3n) is 14.7. The standard InChI is InChI=1S/C74H50/c1-5-25-51(26-6-1)61-33-13-17-37-65(61)55-45-56(66-38-18-14-34-62(66)52-27-7-2-8-28-52)48-59(47-55)73-69-41-21-23-43-71(69)74(72-44-24-22-42-70(72)73)60-49-57(67-39-19-15-35-63(67)53-29-9-3-10-30-53)46-58(50-60)68-40-20-16-36-64(68)54-31-11-4-12-32-54/h1-50H. The molecule has 13 aromatic carbocycles. The topological polar surface area (TPSA) is 0 Å². The second kappa shape index (κ2) is 19.5. The second-order valence-corrected chi connectivity index (χ2v) is 19.1. The van der Waals surface area contributed by atoms with Crippen LogP contribution in [-0.2, 0) is 0 Å². The molecule has 0 aliphatic rings. The molecule has 0 spiro atoms. The Morgan fingerprint density at radius 3 is 0.500 bits per heavy atom. The first-order chi connectivity index (χ1) is 36.7. The molecule has 0 aliphatic heterocycles. The van der Waals surface area contributed by atoms with Crippen LogP contribution in [-0.4, -0.2) is 0 Å². The minimum Gasteiger partial charge on any atom is -0.0622 e. The molecule has 0 aromatic heterocycles. The molecule has 346 valence electrons. The van der Waals surface area contributed by atoms with Gasteiger partial charge in [-0.05, 0) is 169 Å². The van der Waals surface area contributed by atoms with E-state index < -0.39 is 0 Å². The molecule has 0 fully saturated rings. The molecule has 0 aliphatic carbocycles. The highest BCUT2D eigenvalue weighted by Gasteiger charge is 2.22. The number of hydrogen-bond acceptors (Lipinski definition) is 0. The molecule has 0 unspecified atom stereocenters. The molecule has 0 saturated heterocycles. The van der Waals surface area contributed by atoms with E-state index in [-0.39, 0.29) is 0 Å². The maximum absolute atomic E-state index is 2.43. The van der Waals surface area contributed by atoms with Crippen LogP contribution in [0, 0.1) is 0 Å². The SMILES string of the molecule is c1ccc(-c2ccccc2-c2cc(-c3ccccc3-c3ccccc3)cc(-c3c4ccccc4c(-c4cc(-c5ccccc5-c5ccccc5)cc(-c5ccccc5-c5ccccc5)c4)c4ccccc34)c2)cc1. The summed E-state index contributed by atoms with van der Waals surface area (Å²) in [6.07, 6.45) is 0. The highest BCUT2D eigenvalue weighted by Crippen LogP contribution is 2.49. The Morgan fingerprint density at radius 2 is 0.284 bits per heavy atom. The molecule has 13 aromatic rings. The van der Waals surface area contributed by atoms with Crippen molar-refractivity contribution in [3.05, 3.63) is 303 Å². The van der Waals surface area contributed by atoms with Crippen molar-refractivity contribution in [1.29, 1.82) is 0 Å². The second-order valence-electron chi connectivity index (χ2n) is 19.1. The third-order valence-corrected chi connectivity index (χ3v) is 14.7. The van der Waals surface area contributed by atoms with E-state index in [1.54, 1.807) is 0 Å². The van der Waals surface area contributed by atoms with Crippen molar-refractivity contribution in [3.8, 4) is 111 Å². The highest BCUT2D eigenvalue weighted by molar-refractivity contribution is 6.22. The van der Waals surface area contributed by atoms with E-state index in [0.29, 0.717) is 0 Å². The smallest absolute Gasteiger partial charge is 0.00259 e. The van der Waals surface area contributed by atoms with E-state index in [1.807, 2.05) is 0 Å². The summed E-state index contributed by atoms with van der Waals surface area (Å²) in [6, 6.07) is 111. The fourth-order valence-corrected chi connectivity index (χ4v) is 11.3. The Hall–Kier alpha value is -9.62. The third kappa shape index (κ3) is 8.29. The number of hydrogen-bond donors (Lipinski definition) is 0. The van der Waals surface area contributed by atoms with Crippen molar-refractivity contribution in [2.24, 2.45) is 0 Å². The van der Waals surface area contributed by atoms with Crippen LogP contribution in [0.5, 0.6) is 0 Å². The van der Waals surface area contributed by atoms with E-state index in [9.17, 15) is 0 Å². The monoisotopic (exact) mass is 938 g/mol. The molecule has 0 heteroatoms. The van der Waals surface area contributed by atoms with Crippen LogP contribution in [0.4, 0.5) is 0 Å². The molecule has 13 rings (SSSR count). The van der Waals surface area contributed by atoms with Gasteiger partial charge in [0.2, 0.25) is 0 Å². The molecular weight excluding hydrogens is 889 g/mol. The molecule has 0 heterocycles. The summed E-state index contributed by atoms with van der Waals surface area (Å²) in [5.41, 5.74) is 23.8. The van der Waals surface area contributed by atoms with Crippen molar-refractivity contribution in [2.45, 2.75) is 0 Å². The van der Waals surface area contributed by atoms with Crippen molar-refractivity contribution in [2.75, 3.05) is 0 Å². The van der Waals surface area contributed by atoms with Gasteiger partial charge in [0.1, 0.15) is 0 Å². The van der Waals surface area contributed by atoms with Gasteiger partial charge in [0, 0.05) is 0 Å². The predicted molar refractivity (Wildman–Crippen MR) is 316 cm³/mol. The van der Waals surface area contributed by atoms with Gasteiger partial charge in [-0.2, -0.15) is 0 Å². The molecule has 0 nitrogen and oxygen atoms in total. The van der Waals surface area contributed by atoms with Crippen LogP contribution < -0.4 is 0 Å². The Kier molecular flexibility index (Phi) is 11.7. The molecule has 0 atom stereocenters. The normalized spacial score (nSPS) is 11.2. The lowest BCUT2D eigenvalue weighted by atomic mass is 9.82. The summed E-state index contributed by atoms with van der Waals surface area (Å²) in [6.45, 7) is 0. The first-order valence-electron chi connectivity index (χ1n) is 25.6. The largest absolute Gasteiger partial charge is 0.0622 e. The average molecular weight is 939 g/mol. The first-order valence-corrected chi connectivity index (χ1v) is 25.6. The van der Waals surface area contributed by atoms with Gasteiger partial charge in [0.05, 0.1) is 0 Å². The Morgan fingerprint density at radius 1 is 0.122 bits per heavy atom. The summed E-state index contributed by atoms with van der Waals surface area (Å²) in [5.74, 6) is 0. The number of benzene rings is 13. The predicted octanol–water partition coefficient (Wildman–Crippen LogP) is 20.7. The minimum absolute atomic E-state index is 1.17. The maximum atomic E-state index is 2.43. The number of fused-ring (bicyclic) bond motifs is 2. The lowest BCUT2D eigenvalue weighted by molar-refractivity contribution is 1.55. The van der Waals surface area contributed by atoms with Crippen LogP contribution in [0.2, 0.25) is 0 Å². The Bertz CT molecular complexity index is 3620. The van der Waals surface area contributed by atoms with Crippen LogP contribution in [0.25, 0.3) is 133 Å². The lowest BCUT2D eigenvalue weighted by Crippen LogP contribution is -1.95. The van der Waals surface area contributed by atoms with E-state index in [1.165, 1.54) is 133 Å². The zero-order valence-corrected chi connectivity index (χ0v) is 40.9. The fraction of sp³-hybridized carbons (Fsp3) is 0. The van der Waals surface area contributed by atoms with Gasteiger partial charge in [-0.25, -0.2) is 0 Å². The Balaban J connectivity index is 1.09. The Labute approximate surface area is 433 Å². The van der Waals surface area contributed by atoms with Gasteiger partial charge in [-0.1, -0.05) is 267 Å². The van der Waals surface area contributed by atoms with Gasteiger partial charge in [0.25, 0.3) is 0 Å². The van der Waals surface area contributed by atoms with Gasteiger partial charge in [-0.15, -0.1) is 0 Å². The first kappa shape index (κ1) is 44.3. The molecule has 0 radical (unpaired) electrons. The van der Waals surface area contributed by atoms with Gasteiger partial charge in [-0.3, -0.25) is 0 Å². The van der Waals surface area contributed by atoms with E-state index in [0.717, 1.165) is 0 Å². The van der Waals surface area contributed by atoms with E-state index >= 15 is 0 Å². The van der Waals surface area contributed by atoms with Crippen molar-refractivity contribution < 1.29 is 0 Å².